The standard InChI is InChI=1S/C43H60N2O6/c1-42(2,3)45-37(31-50-41(47)30-29-40(46)44-36-19-15-10-8-6-7-9-11-16-20-36)32-51-43(33-17-13-12-14-18-33,34-21-25-38(48-4)26-22-34)35-23-27-39(49-5)28-24-35/h12-14,17-18,21-28,36-37,45H,6-11,15-16,19-20,29-32H2,1-5H3,(H,44,46)/t37-/m1/s1. The molecule has 4 rings (SSSR count). The second kappa shape index (κ2) is 20.2. The summed E-state index contributed by atoms with van der Waals surface area (Å²) in [5.41, 5.74) is 1.49. The predicted octanol–water partition coefficient (Wildman–Crippen LogP) is 8.49. The minimum Gasteiger partial charge on any atom is -0.497 e. The number of methoxy groups -OCH3 is 2. The molecule has 3 aromatic rings. The lowest BCUT2D eigenvalue weighted by Crippen LogP contribution is -2.50. The molecule has 8 nitrogen and oxygen atoms in total. The summed E-state index contributed by atoms with van der Waals surface area (Å²) in [4.78, 5) is 25.9. The summed E-state index contributed by atoms with van der Waals surface area (Å²) in [6, 6.07) is 25.8. The summed E-state index contributed by atoms with van der Waals surface area (Å²) in [7, 11) is 3.30. The maximum Gasteiger partial charge on any atom is 0.306 e. The molecule has 0 spiro atoms. The fraction of sp³-hybridized carbons (Fsp3) is 0.535. The van der Waals surface area contributed by atoms with E-state index >= 15 is 0 Å². The van der Waals surface area contributed by atoms with E-state index in [4.69, 9.17) is 18.9 Å². The molecule has 0 heterocycles. The smallest absolute Gasteiger partial charge is 0.306 e. The number of hydrogen-bond acceptors (Lipinski definition) is 7. The van der Waals surface area contributed by atoms with Crippen LogP contribution in [0.4, 0.5) is 0 Å². The zero-order valence-corrected chi connectivity index (χ0v) is 31.5. The van der Waals surface area contributed by atoms with Crippen molar-refractivity contribution in [2.24, 2.45) is 0 Å². The van der Waals surface area contributed by atoms with Gasteiger partial charge in [0.05, 0.1) is 33.3 Å². The van der Waals surface area contributed by atoms with Gasteiger partial charge in [0, 0.05) is 18.0 Å². The van der Waals surface area contributed by atoms with Crippen molar-refractivity contribution in [3.63, 3.8) is 0 Å². The zero-order chi connectivity index (χ0) is 36.5. The third kappa shape index (κ3) is 12.7. The number of carbonyl (C=O) groups is 2. The minimum atomic E-state index is -1.01. The fourth-order valence-electron chi connectivity index (χ4n) is 6.96. The van der Waals surface area contributed by atoms with Crippen LogP contribution in [-0.2, 0) is 24.7 Å². The predicted molar refractivity (Wildman–Crippen MR) is 203 cm³/mol. The number of benzene rings is 3. The van der Waals surface area contributed by atoms with Crippen LogP contribution in [-0.4, -0.2) is 56.9 Å². The quantitative estimate of drug-likeness (QED) is 0.121. The van der Waals surface area contributed by atoms with Crippen molar-refractivity contribution in [3.05, 3.63) is 95.6 Å². The molecule has 51 heavy (non-hydrogen) atoms. The highest BCUT2D eigenvalue weighted by atomic mass is 16.5. The average Bonchev–Trinajstić information content (AvgIpc) is 3.19. The van der Waals surface area contributed by atoms with Crippen LogP contribution in [0.1, 0.15) is 115 Å². The molecule has 0 unspecified atom stereocenters. The summed E-state index contributed by atoms with van der Waals surface area (Å²) >= 11 is 0. The van der Waals surface area contributed by atoms with Crippen LogP contribution >= 0.6 is 0 Å². The van der Waals surface area contributed by atoms with E-state index in [1.54, 1.807) is 14.2 Å². The van der Waals surface area contributed by atoms with Gasteiger partial charge < -0.3 is 29.6 Å². The molecule has 0 aliphatic heterocycles. The molecule has 1 atom stereocenters. The molecule has 3 aromatic carbocycles. The molecule has 0 bridgehead atoms. The van der Waals surface area contributed by atoms with Gasteiger partial charge >= 0.3 is 5.97 Å². The van der Waals surface area contributed by atoms with Gasteiger partial charge in [-0.2, -0.15) is 0 Å². The largest absolute Gasteiger partial charge is 0.497 e. The molecular weight excluding hydrogens is 640 g/mol. The first kappa shape index (κ1) is 39.9. The van der Waals surface area contributed by atoms with Crippen molar-refractivity contribution < 1.29 is 28.5 Å². The van der Waals surface area contributed by atoms with Crippen molar-refractivity contribution in [3.8, 4) is 11.5 Å². The van der Waals surface area contributed by atoms with Gasteiger partial charge in [-0.3, -0.25) is 9.59 Å². The molecule has 1 amide bonds. The Morgan fingerprint density at radius 2 is 1.16 bits per heavy atom. The number of amides is 1. The van der Waals surface area contributed by atoms with Gasteiger partial charge in [0.2, 0.25) is 5.91 Å². The van der Waals surface area contributed by atoms with E-state index in [0.717, 1.165) is 53.9 Å². The number of ether oxygens (including phenoxy) is 4. The highest BCUT2D eigenvalue weighted by Gasteiger charge is 2.39. The van der Waals surface area contributed by atoms with E-state index in [-0.39, 0.29) is 49.6 Å². The molecule has 1 aliphatic carbocycles. The molecule has 0 radical (unpaired) electrons. The number of nitrogens with one attached hydrogen (secondary N) is 2. The summed E-state index contributed by atoms with van der Waals surface area (Å²) in [5.74, 6) is 1.02. The molecular formula is C43H60N2O6. The Hall–Kier alpha value is -3.88. The maximum atomic E-state index is 13.0. The molecule has 1 saturated carbocycles. The Morgan fingerprint density at radius 1 is 0.667 bits per heavy atom. The van der Waals surface area contributed by atoms with Crippen LogP contribution in [0.5, 0.6) is 11.5 Å². The van der Waals surface area contributed by atoms with Crippen LogP contribution in [0.15, 0.2) is 78.9 Å². The van der Waals surface area contributed by atoms with E-state index < -0.39 is 11.6 Å². The Bertz CT molecular complexity index is 1390. The van der Waals surface area contributed by atoms with Crippen LogP contribution in [0.3, 0.4) is 0 Å². The van der Waals surface area contributed by atoms with E-state index in [9.17, 15) is 9.59 Å². The number of carbonyl (C=O) groups excluding carboxylic acids is 2. The fourth-order valence-corrected chi connectivity index (χ4v) is 6.96. The van der Waals surface area contributed by atoms with E-state index in [0.29, 0.717) is 0 Å². The minimum absolute atomic E-state index is 0.0350. The lowest BCUT2D eigenvalue weighted by atomic mass is 9.80. The normalized spacial score (nSPS) is 15.6. The van der Waals surface area contributed by atoms with Gasteiger partial charge in [0.15, 0.2) is 0 Å². The van der Waals surface area contributed by atoms with Crippen molar-refractivity contribution in [1.82, 2.24) is 10.6 Å². The second-order valence-electron chi connectivity index (χ2n) is 14.8. The summed E-state index contributed by atoms with van der Waals surface area (Å²) < 4.78 is 23.9. The third-order valence-electron chi connectivity index (χ3n) is 9.53. The third-order valence-corrected chi connectivity index (χ3v) is 9.53. The maximum absolute atomic E-state index is 13.0. The van der Waals surface area contributed by atoms with Crippen LogP contribution < -0.4 is 20.1 Å². The zero-order valence-electron chi connectivity index (χ0n) is 31.5. The van der Waals surface area contributed by atoms with Gasteiger partial charge in [-0.1, -0.05) is 106 Å². The topological polar surface area (TPSA) is 95.1 Å². The molecule has 1 fully saturated rings. The highest BCUT2D eigenvalue weighted by Crippen LogP contribution is 2.42. The van der Waals surface area contributed by atoms with E-state index in [1.807, 2.05) is 66.7 Å². The van der Waals surface area contributed by atoms with E-state index in [2.05, 4.69) is 43.5 Å². The first-order valence-electron chi connectivity index (χ1n) is 18.8. The van der Waals surface area contributed by atoms with Crippen molar-refractivity contribution in [2.75, 3.05) is 27.4 Å². The Labute approximate surface area is 306 Å². The lowest BCUT2D eigenvalue weighted by Gasteiger charge is -2.38. The van der Waals surface area contributed by atoms with Crippen LogP contribution in [0, 0.1) is 0 Å². The molecule has 2 N–H and O–H groups in total. The first-order valence-corrected chi connectivity index (χ1v) is 18.8. The highest BCUT2D eigenvalue weighted by molar-refractivity contribution is 5.81. The molecule has 0 saturated heterocycles. The van der Waals surface area contributed by atoms with Crippen LogP contribution in [0.2, 0.25) is 0 Å². The van der Waals surface area contributed by atoms with Crippen LogP contribution in [0.25, 0.3) is 0 Å². The Morgan fingerprint density at radius 3 is 1.65 bits per heavy atom. The van der Waals surface area contributed by atoms with Gasteiger partial charge in [0.25, 0.3) is 0 Å². The van der Waals surface area contributed by atoms with Crippen molar-refractivity contribution in [1.29, 1.82) is 0 Å². The van der Waals surface area contributed by atoms with Crippen molar-refractivity contribution >= 4 is 11.9 Å². The molecule has 0 aromatic heterocycles. The monoisotopic (exact) mass is 700 g/mol. The van der Waals surface area contributed by atoms with Crippen molar-refractivity contribution in [2.45, 2.75) is 121 Å². The number of rotatable bonds is 15. The van der Waals surface area contributed by atoms with Gasteiger partial charge in [0.1, 0.15) is 23.7 Å². The summed E-state index contributed by atoms with van der Waals surface area (Å²) in [5, 5.41) is 6.81. The molecule has 278 valence electrons. The van der Waals surface area contributed by atoms with Gasteiger partial charge in [-0.05, 0) is 74.6 Å². The number of hydrogen-bond donors (Lipinski definition) is 2. The Kier molecular flexibility index (Phi) is 15.8. The van der Waals surface area contributed by atoms with Gasteiger partial charge in [-0.15, -0.1) is 0 Å². The Balaban J connectivity index is 1.48. The van der Waals surface area contributed by atoms with E-state index in [1.165, 1.54) is 38.5 Å². The average molecular weight is 701 g/mol. The second-order valence-corrected chi connectivity index (χ2v) is 14.8. The lowest BCUT2D eigenvalue weighted by molar-refractivity contribution is -0.146. The first-order chi connectivity index (χ1) is 24.6. The number of esters is 1. The SMILES string of the molecule is COc1ccc(C(OC[C@@H](COC(=O)CCC(=O)NC2CCCCCCCCCC2)NC(C)(C)C)(c2ccccc2)c2ccc(OC)cc2)cc1. The molecule has 8 heteroatoms. The summed E-state index contributed by atoms with van der Waals surface area (Å²) in [6.45, 7) is 6.54. The van der Waals surface area contributed by atoms with Gasteiger partial charge in [-0.25, -0.2) is 0 Å². The molecule has 1 aliphatic rings. The summed E-state index contributed by atoms with van der Waals surface area (Å²) in [6.07, 6.45) is 12.1.